The normalized spacial score (nSPS) is 10.9. The zero-order valence-corrected chi connectivity index (χ0v) is 28.4. The molecule has 248 valence electrons. The molecule has 0 spiro atoms. The SMILES string of the molecule is CCOC(=O)c1c(-c2ccccc2)csc1NC(=O)CSc1cccc(NC(=O)/C(=C\c2ccc(OC)cc2)NC(=O)c2ccccc2)c1. The predicted octanol–water partition coefficient (Wildman–Crippen LogP) is 7.74. The molecular formula is C38H33N3O6S2. The van der Waals surface area contributed by atoms with E-state index >= 15 is 0 Å². The van der Waals surface area contributed by atoms with E-state index in [1.807, 2.05) is 41.8 Å². The van der Waals surface area contributed by atoms with Crippen LogP contribution in [0.3, 0.4) is 0 Å². The maximum Gasteiger partial charge on any atom is 0.341 e. The number of hydrogen-bond donors (Lipinski definition) is 3. The predicted molar refractivity (Wildman–Crippen MR) is 195 cm³/mol. The molecule has 5 rings (SSSR count). The van der Waals surface area contributed by atoms with E-state index in [-0.39, 0.29) is 24.0 Å². The Hall–Kier alpha value is -5.65. The van der Waals surface area contributed by atoms with Gasteiger partial charge in [0.1, 0.15) is 22.0 Å². The van der Waals surface area contributed by atoms with Crippen molar-refractivity contribution in [2.75, 3.05) is 30.1 Å². The second-order valence-electron chi connectivity index (χ2n) is 10.4. The van der Waals surface area contributed by atoms with E-state index in [0.717, 1.165) is 10.5 Å². The molecule has 0 unspecified atom stereocenters. The standard InChI is InChI=1S/C38H33N3O6S2/c1-3-47-38(45)34-31(26-11-6-4-7-12-26)23-49-37(34)41-33(42)24-48-30-16-10-15-28(22-30)39-36(44)32(21-25-17-19-29(46-2)20-18-25)40-35(43)27-13-8-5-9-14-27/h4-23H,3,24H2,1-2H3,(H,39,44)(H,40,43)(H,41,42)/b32-21+. The first-order valence-electron chi connectivity index (χ1n) is 15.2. The second kappa shape index (κ2) is 17.0. The van der Waals surface area contributed by atoms with Crippen LogP contribution < -0.4 is 20.7 Å². The second-order valence-corrected chi connectivity index (χ2v) is 12.3. The number of nitrogens with one attached hydrogen (secondary N) is 3. The van der Waals surface area contributed by atoms with E-state index in [1.165, 1.54) is 23.1 Å². The number of carbonyl (C=O) groups is 4. The molecule has 3 N–H and O–H groups in total. The highest BCUT2D eigenvalue weighted by atomic mass is 32.2. The van der Waals surface area contributed by atoms with Crippen LogP contribution in [0.5, 0.6) is 5.75 Å². The number of benzene rings is 4. The highest BCUT2D eigenvalue weighted by molar-refractivity contribution is 8.00. The number of thioether (sulfide) groups is 1. The molecule has 9 nitrogen and oxygen atoms in total. The van der Waals surface area contributed by atoms with Crippen LogP contribution >= 0.6 is 23.1 Å². The van der Waals surface area contributed by atoms with Crippen molar-refractivity contribution in [2.45, 2.75) is 11.8 Å². The number of anilines is 2. The highest BCUT2D eigenvalue weighted by Crippen LogP contribution is 2.36. The largest absolute Gasteiger partial charge is 0.497 e. The minimum absolute atomic E-state index is 0.0414. The quantitative estimate of drug-likeness (QED) is 0.0656. The summed E-state index contributed by atoms with van der Waals surface area (Å²) >= 11 is 2.53. The van der Waals surface area contributed by atoms with Gasteiger partial charge in [0.05, 0.1) is 19.5 Å². The minimum atomic E-state index is -0.529. The van der Waals surface area contributed by atoms with Crippen molar-refractivity contribution in [1.29, 1.82) is 0 Å². The van der Waals surface area contributed by atoms with Gasteiger partial charge in [-0.3, -0.25) is 14.4 Å². The number of methoxy groups -OCH3 is 1. The zero-order chi connectivity index (χ0) is 34.6. The molecule has 5 aromatic rings. The summed E-state index contributed by atoms with van der Waals surface area (Å²) in [5, 5.41) is 10.7. The first kappa shape index (κ1) is 34.7. The van der Waals surface area contributed by atoms with Crippen molar-refractivity contribution in [3.05, 3.63) is 137 Å². The van der Waals surface area contributed by atoms with Crippen LogP contribution in [0.2, 0.25) is 0 Å². The van der Waals surface area contributed by atoms with Crippen molar-refractivity contribution in [3.8, 4) is 16.9 Å². The molecule has 0 saturated carbocycles. The lowest BCUT2D eigenvalue weighted by molar-refractivity contribution is -0.114. The van der Waals surface area contributed by atoms with Crippen LogP contribution in [-0.4, -0.2) is 43.2 Å². The molecule has 0 atom stereocenters. The van der Waals surface area contributed by atoms with Gasteiger partial charge in [0.15, 0.2) is 0 Å². The molecule has 0 fully saturated rings. The number of esters is 1. The van der Waals surface area contributed by atoms with Crippen LogP contribution in [0.25, 0.3) is 17.2 Å². The van der Waals surface area contributed by atoms with E-state index < -0.39 is 17.8 Å². The molecule has 0 saturated heterocycles. The minimum Gasteiger partial charge on any atom is -0.497 e. The van der Waals surface area contributed by atoms with Gasteiger partial charge in [0, 0.05) is 27.1 Å². The smallest absolute Gasteiger partial charge is 0.341 e. The third-order valence-corrected chi connectivity index (χ3v) is 8.92. The molecule has 4 aromatic carbocycles. The Morgan fingerprint density at radius 2 is 1.55 bits per heavy atom. The number of hydrogen-bond acceptors (Lipinski definition) is 8. The van der Waals surface area contributed by atoms with Crippen molar-refractivity contribution < 1.29 is 28.7 Å². The van der Waals surface area contributed by atoms with Gasteiger partial charge in [-0.1, -0.05) is 66.7 Å². The van der Waals surface area contributed by atoms with Gasteiger partial charge in [-0.25, -0.2) is 4.79 Å². The summed E-state index contributed by atoms with van der Waals surface area (Å²) < 4.78 is 10.5. The molecule has 0 bridgehead atoms. The number of thiophene rings is 1. The third kappa shape index (κ3) is 9.47. The molecule has 1 heterocycles. The molecule has 0 radical (unpaired) electrons. The fraction of sp³-hybridized carbons (Fsp3) is 0.105. The van der Waals surface area contributed by atoms with Crippen molar-refractivity contribution >= 4 is 63.6 Å². The molecular weight excluding hydrogens is 659 g/mol. The Morgan fingerprint density at radius 1 is 0.837 bits per heavy atom. The monoisotopic (exact) mass is 691 g/mol. The summed E-state index contributed by atoms with van der Waals surface area (Å²) in [4.78, 5) is 53.1. The van der Waals surface area contributed by atoms with Crippen LogP contribution in [-0.2, 0) is 14.3 Å². The lowest BCUT2D eigenvalue weighted by Crippen LogP contribution is -2.30. The maximum atomic E-state index is 13.5. The van der Waals surface area contributed by atoms with Gasteiger partial charge >= 0.3 is 5.97 Å². The summed E-state index contributed by atoms with van der Waals surface area (Å²) in [7, 11) is 1.57. The van der Waals surface area contributed by atoms with Gasteiger partial charge in [-0.2, -0.15) is 0 Å². The Bertz CT molecular complexity index is 1960. The number of carbonyl (C=O) groups excluding carboxylic acids is 4. The van der Waals surface area contributed by atoms with E-state index in [0.29, 0.717) is 38.7 Å². The Balaban J connectivity index is 1.27. The number of amides is 3. The van der Waals surface area contributed by atoms with E-state index in [2.05, 4.69) is 16.0 Å². The fourth-order valence-corrected chi connectivity index (χ4v) is 6.40. The summed E-state index contributed by atoms with van der Waals surface area (Å²) in [6.45, 7) is 1.94. The molecule has 1 aromatic heterocycles. The molecule has 0 aliphatic carbocycles. The number of ether oxygens (including phenoxy) is 2. The van der Waals surface area contributed by atoms with E-state index in [1.54, 1.807) is 92.9 Å². The van der Waals surface area contributed by atoms with Crippen molar-refractivity contribution in [1.82, 2.24) is 5.32 Å². The van der Waals surface area contributed by atoms with E-state index in [9.17, 15) is 19.2 Å². The first-order chi connectivity index (χ1) is 23.8. The molecule has 0 aliphatic heterocycles. The lowest BCUT2D eigenvalue weighted by atomic mass is 10.0. The zero-order valence-electron chi connectivity index (χ0n) is 26.7. The Kier molecular flexibility index (Phi) is 12.0. The Labute approximate surface area is 292 Å². The number of rotatable bonds is 13. The first-order valence-corrected chi connectivity index (χ1v) is 17.1. The average molecular weight is 692 g/mol. The van der Waals surface area contributed by atoms with Gasteiger partial charge in [0.2, 0.25) is 5.91 Å². The van der Waals surface area contributed by atoms with Crippen molar-refractivity contribution in [2.24, 2.45) is 0 Å². The van der Waals surface area contributed by atoms with Gasteiger partial charge in [0.25, 0.3) is 11.8 Å². The van der Waals surface area contributed by atoms with Gasteiger partial charge in [-0.05, 0) is 66.6 Å². The summed E-state index contributed by atoms with van der Waals surface area (Å²) in [5.74, 6) is -1.06. The molecule has 11 heteroatoms. The average Bonchev–Trinajstić information content (AvgIpc) is 3.55. The summed E-state index contributed by atoms with van der Waals surface area (Å²) in [5.41, 5.74) is 3.45. The van der Waals surface area contributed by atoms with Gasteiger partial charge in [-0.15, -0.1) is 23.1 Å². The fourth-order valence-electron chi connectivity index (χ4n) is 4.67. The summed E-state index contributed by atoms with van der Waals surface area (Å²) in [6, 6.07) is 32.2. The Morgan fingerprint density at radius 3 is 2.24 bits per heavy atom. The highest BCUT2D eigenvalue weighted by Gasteiger charge is 2.23. The topological polar surface area (TPSA) is 123 Å². The third-order valence-electron chi connectivity index (χ3n) is 7.03. The lowest BCUT2D eigenvalue weighted by Gasteiger charge is -2.12. The van der Waals surface area contributed by atoms with Crippen LogP contribution in [0.4, 0.5) is 10.7 Å². The summed E-state index contributed by atoms with van der Waals surface area (Å²) in [6.07, 6.45) is 1.58. The van der Waals surface area contributed by atoms with Crippen LogP contribution in [0.1, 0.15) is 33.2 Å². The molecule has 0 aliphatic rings. The van der Waals surface area contributed by atoms with Gasteiger partial charge < -0.3 is 25.4 Å². The van der Waals surface area contributed by atoms with Crippen LogP contribution in [0, 0.1) is 0 Å². The van der Waals surface area contributed by atoms with Crippen LogP contribution in [0.15, 0.2) is 125 Å². The maximum absolute atomic E-state index is 13.5. The van der Waals surface area contributed by atoms with Crippen molar-refractivity contribution in [3.63, 3.8) is 0 Å². The van der Waals surface area contributed by atoms with E-state index in [4.69, 9.17) is 9.47 Å². The molecule has 3 amide bonds. The molecule has 49 heavy (non-hydrogen) atoms.